The molecule has 0 aliphatic heterocycles. The maximum Gasteiger partial charge on any atom is 0.251 e. The lowest BCUT2D eigenvalue weighted by molar-refractivity contribution is -0.114. The number of ether oxygens (including phenoxy) is 1. The number of anilines is 2. The van der Waals surface area contributed by atoms with Gasteiger partial charge in [-0.05, 0) is 49.7 Å². The Morgan fingerprint density at radius 2 is 1.61 bits per heavy atom. The molecule has 0 fully saturated rings. The molecule has 6 nitrogen and oxygen atoms in total. The monoisotopic (exact) mass is 417 g/mol. The van der Waals surface area contributed by atoms with Gasteiger partial charge in [0, 0.05) is 29.5 Å². The Hall–Kier alpha value is -3.80. The van der Waals surface area contributed by atoms with Gasteiger partial charge in [-0.15, -0.1) is 0 Å². The normalized spacial score (nSPS) is 10.4. The highest BCUT2D eigenvalue weighted by molar-refractivity contribution is 5.98. The molecule has 0 unspecified atom stereocenters. The first kappa shape index (κ1) is 21.9. The number of rotatable bonds is 9. The molecule has 0 radical (unpaired) electrons. The second-order valence-electron chi connectivity index (χ2n) is 7.35. The Bertz CT molecular complexity index is 1020. The van der Waals surface area contributed by atoms with Crippen LogP contribution in [0.15, 0.2) is 78.9 Å². The Morgan fingerprint density at radius 1 is 0.871 bits per heavy atom. The van der Waals surface area contributed by atoms with E-state index in [0.717, 1.165) is 17.0 Å². The van der Waals surface area contributed by atoms with Gasteiger partial charge in [-0.1, -0.05) is 42.5 Å². The molecule has 160 valence electrons. The molecule has 31 heavy (non-hydrogen) atoms. The maximum absolute atomic E-state index is 12.4. The highest BCUT2D eigenvalue weighted by atomic mass is 16.5. The molecule has 0 aromatic heterocycles. The molecule has 3 rings (SSSR count). The number of nitrogens with one attached hydrogen (secondary N) is 3. The van der Waals surface area contributed by atoms with Crippen molar-refractivity contribution in [1.82, 2.24) is 5.32 Å². The second kappa shape index (κ2) is 10.8. The second-order valence-corrected chi connectivity index (χ2v) is 7.35. The lowest BCUT2D eigenvalue weighted by Gasteiger charge is -2.12. The first-order valence-electron chi connectivity index (χ1n) is 10.2. The van der Waals surface area contributed by atoms with Crippen LogP contribution in [0.5, 0.6) is 5.75 Å². The molecular formula is C25H27N3O3. The van der Waals surface area contributed by atoms with Crippen LogP contribution in [-0.2, 0) is 11.3 Å². The molecule has 0 bridgehead atoms. The summed E-state index contributed by atoms with van der Waals surface area (Å²) in [6, 6.07) is 24.0. The van der Waals surface area contributed by atoms with Gasteiger partial charge < -0.3 is 20.7 Å². The molecule has 0 aliphatic carbocycles. The molecule has 0 aliphatic rings. The SMILES string of the molecule is CC(C)Oc1cccc(NCC(=O)Nc2cccc(C(=O)NCc3ccccc3)c2)c1. The predicted molar refractivity (Wildman–Crippen MR) is 123 cm³/mol. The molecule has 2 amide bonds. The van der Waals surface area contributed by atoms with Crippen molar-refractivity contribution in [1.29, 1.82) is 0 Å². The third-order valence-electron chi connectivity index (χ3n) is 4.36. The Morgan fingerprint density at radius 3 is 2.39 bits per heavy atom. The van der Waals surface area contributed by atoms with E-state index in [-0.39, 0.29) is 24.5 Å². The quantitative estimate of drug-likeness (QED) is 0.480. The predicted octanol–water partition coefficient (Wildman–Crippen LogP) is 4.45. The van der Waals surface area contributed by atoms with Crippen LogP contribution < -0.4 is 20.7 Å². The van der Waals surface area contributed by atoms with E-state index < -0.39 is 0 Å². The number of carbonyl (C=O) groups excluding carboxylic acids is 2. The van der Waals surface area contributed by atoms with E-state index in [0.29, 0.717) is 17.8 Å². The maximum atomic E-state index is 12.4. The Kier molecular flexibility index (Phi) is 7.65. The summed E-state index contributed by atoms with van der Waals surface area (Å²) in [6.07, 6.45) is 0.0794. The highest BCUT2D eigenvalue weighted by Crippen LogP contribution is 2.18. The number of carbonyl (C=O) groups is 2. The zero-order valence-corrected chi connectivity index (χ0v) is 17.7. The summed E-state index contributed by atoms with van der Waals surface area (Å²) in [5, 5.41) is 8.78. The fourth-order valence-corrected chi connectivity index (χ4v) is 2.96. The number of benzene rings is 3. The van der Waals surface area contributed by atoms with Crippen molar-refractivity contribution in [3.05, 3.63) is 90.0 Å². The van der Waals surface area contributed by atoms with Crippen molar-refractivity contribution >= 4 is 23.2 Å². The molecule has 3 aromatic carbocycles. The van der Waals surface area contributed by atoms with Gasteiger partial charge in [-0.25, -0.2) is 0 Å². The van der Waals surface area contributed by atoms with E-state index in [1.165, 1.54) is 0 Å². The summed E-state index contributed by atoms with van der Waals surface area (Å²) in [7, 11) is 0. The third-order valence-corrected chi connectivity index (χ3v) is 4.36. The van der Waals surface area contributed by atoms with Gasteiger partial charge in [-0.3, -0.25) is 9.59 Å². The van der Waals surface area contributed by atoms with Crippen molar-refractivity contribution in [2.45, 2.75) is 26.5 Å². The van der Waals surface area contributed by atoms with E-state index in [4.69, 9.17) is 4.74 Å². The first-order valence-corrected chi connectivity index (χ1v) is 10.2. The Labute approximate surface area is 182 Å². The van der Waals surface area contributed by atoms with Gasteiger partial charge in [0.15, 0.2) is 0 Å². The average Bonchev–Trinajstić information content (AvgIpc) is 2.77. The van der Waals surface area contributed by atoms with Gasteiger partial charge in [0.1, 0.15) is 5.75 Å². The number of hydrogen-bond acceptors (Lipinski definition) is 4. The summed E-state index contributed by atoms with van der Waals surface area (Å²) >= 11 is 0. The van der Waals surface area contributed by atoms with Crippen LogP contribution in [0.3, 0.4) is 0 Å². The van der Waals surface area contributed by atoms with E-state index in [1.54, 1.807) is 24.3 Å². The molecule has 0 saturated carbocycles. The minimum atomic E-state index is -0.211. The summed E-state index contributed by atoms with van der Waals surface area (Å²) in [4.78, 5) is 24.8. The minimum Gasteiger partial charge on any atom is -0.491 e. The Balaban J connectivity index is 1.52. The molecule has 3 aromatic rings. The van der Waals surface area contributed by atoms with E-state index in [2.05, 4.69) is 16.0 Å². The van der Waals surface area contributed by atoms with E-state index >= 15 is 0 Å². The van der Waals surface area contributed by atoms with Crippen molar-refractivity contribution in [2.75, 3.05) is 17.2 Å². The molecular weight excluding hydrogens is 390 g/mol. The lowest BCUT2D eigenvalue weighted by Crippen LogP contribution is -2.24. The van der Waals surface area contributed by atoms with E-state index in [9.17, 15) is 9.59 Å². The van der Waals surface area contributed by atoms with Gasteiger partial charge >= 0.3 is 0 Å². The zero-order valence-electron chi connectivity index (χ0n) is 17.7. The fourth-order valence-electron chi connectivity index (χ4n) is 2.96. The van der Waals surface area contributed by atoms with Crippen molar-refractivity contribution in [2.24, 2.45) is 0 Å². The van der Waals surface area contributed by atoms with Crippen molar-refractivity contribution in [3.63, 3.8) is 0 Å². The molecule has 3 N–H and O–H groups in total. The van der Waals surface area contributed by atoms with Crippen LogP contribution >= 0.6 is 0 Å². The van der Waals surface area contributed by atoms with Crippen molar-refractivity contribution < 1.29 is 14.3 Å². The van der Waals surface area contributed by atoms with Gasteiger partial charge in [0.2, 0.25) is 5.91 Å². The largest absolute Gasteiger partial charge is 0.491 e. The van der Waals surface area contributed by atoms with Crippen LogP contribution in [-0.4, -0.2) is 24.5 Å². The van der Waals surface area contributed by atoms with Gasteiger partial charge in [0.05, 0.1) is 12.6 Å². The highest BCUT2D eigenvalue weighted by Gasteiger charge is 2.08. The summed E-state index contributed by atoms with van der Waals surface area (Å²) in [5.74, 6) is 0.340. The lowest BCUT2D eigenvalue weighted by atomic mass is 10.1. The summed E-state index contributed by atoms with van der Waals surface area (Å²) < 4.78 is 5.66. The molecule has 0 spiro atoms. The molecule has 0 atom stereocenters. The third kappa shape index (κ3) is 7.19. The fraction of sp³-hybridized carbons (Fsp3) is 0.200. The molecule has 0 saturated heterocycles. The first-order chi connectivity index (χ1) is 15.0. The van der Waals surface area contributed by atoms with Gasteiger partial charge in [-0.2, -0.15) is 0 Å². The van der Waals surface area contributed by atoms with Crippen LogP contribution in [0.25, 0.3) is 0 Å². The zero-order chi connectivity index (χ0) is 22.1. The standard InChI is InChI=1S/C25H27N3O3/c1-18(2)31-23-13-7-11-21(15-23)26-17-24(29)28-22-12-6-10-20(14-22)25(30)27-16-19-8-4-3-5-9-19/h3-15,18,26H,16-17H2,1-2H3,(H,27,30)(H,28,29). The average molecular weight is 418 g/mol. The van der Waals surface area contributed by atoms with Crippen LogP contribution in [0, 0.1) is 0 Å². The molecule has 6 heteroatoms. The van der Waals surface area contributed by atoms with Crippen LogP contribution in [0.1, 0.15) is 29.8 Å². The van der Waals surface area contributed by atoms with E-state index in [1.807, 2.05) is 68.4 Å². The minimum absolute atomic E-state index is 0.0794. The number of hydrogen-bond donors (Lipinski definition) is 3. The van der Waals surface area contributed by atoms with Crippen molar-refractivity contribution in [3.8, 4) is 5.75 Å². The molecule has 0 heterocycles. The topological polar surface area (TPSA) is 79.5 Å². The van der Waals surface area contributed by atoms with Gasteiger partial charge in [0.25, 0.3) is 5.91 Å². The van der Waals surface area contributed by atoms with Crippen LogP contribution in [0.4, 0.5) is 11.4 Å². The summed E-state index contributed by atoms with van der Waals surface area (Å²) in [6.45, 7) is 4.46. The smallest absolute Gasteiger partial charge is 0.251 e. The van der Waals surface area contributed by atoms with Crippen LogP contribution in [0.2, 0.25) is 0 Å². The summed E-state index contributed by atoms with van der Waals surface area (Å²) in [5.41, 5.74) is 2.87. The number of amides is 2.